The Morgan fingerprint density at radius 2 is 1.38 bits per heavy atom. The maximum Gasteiger partial charge on any atom is 0.138 e. The van der Waals surface area contributed by atoms with Crippen molar-refractivity contribution in [3.63, 3.8) is 0 Å². The average molecular weight is 388 g/mol. The summed E-state index contributed by atoms with van der Waals surface area (Å²) in [6.07, 6.45) is 3.79. The van der Waals surface area contributed by atoms with Crippen LogP contribution in [-0.2, 0) is 6.42 Å². The van der Waals surface area contributed by atoms with Crippen LogP contribution in [0.5, 0.6) is 0 Å². The maximum absolute atomic E-state index is 15.1. The highest BCUT2D eigenvalue weighted by molar-refractivity contribution is 5.91. The van der Waals surface area contributed by atoms with Crippen molar-refractivity contribution in [2.75, 3.05) is 0 Å². The molecule has 0 fully saturated rings. The summed E-state index contributed by atoms with van der Waals surface area (Å²) in [5.74, 6) is -1.95. The average Bonchev–Trinajstić information content (AvgIpc) is 2.72. The molecule has 0 saturated heterocycles. The molecule has 0 aliphatic carbocycles. The fraction of sp³-hybridized carbons (Fsp3) is 0.0769. The lowest BCUT2D eigenvalue weighted by molar-refractivity contribution is 0.583. The Balaban J connectivity index is 1.71. The van der Waals surface area contributed by atoms with Crippen LogP contribution in [0.1, 0.15) is 12.0 Å². The van der Waals surface area contributed by atoms with Gasteiger partial charge < -0.3 is 0 Å². The molecule has 3 heteroatoms. The third kappa shape index (κ3) is 3.95. The Morgan fingerprint density at radius 3 is 2.07 bits per heavy atom. The van der Waals surface area contributed by atoms with Gasteiger partial charge in [-0.05, 0) is 58.7 Å². The van der Waals surface area contributed by atoms with Gasteiger partial charge in [0.1, 0.15) is 17.5 Å². The van der Waals surface area contributed by atoms with Gasteiger partial charge in [-0.15, -0.1) is 6.58 Å². The zero-order chi connectivity index (χ0) is 20.4. The van der Waals surface area contributed by atoms with Gasteiger partial charge in [0.15, 0.2) is 0 Å². The van der Waals surface area contributed by atoms with E-state index in [4.69, 9.17) is 0 Å². The van der Waals surface area contributed by atoms with Crippen LogP contribution in [0.2, 0.25) is 0 Å². The van der Waals surface area contributed by atoms with Gasteiger partial charge in [0.25, 0.3) is 0 Å². The molecular weight excluding hydrogens is 369 g/mol. The van der Waals surface area contributed by atoms with E-state index < -0.39 is 17.5 Å². The molecule has 0 unspecified atom stereocenters. The molecule has 0 aromatic heterocycles. The molecule has 0 bridgehead atoms. The van der Waals surface area contributed by atoms with E-state index in [0.717, 1.165) is 47.6 Å². The predicted octanol–water partition coefficient (Wildman–Crippen LogP) is 7.71. The van der Waals surface area contributed by atoms with E-state index in [9.17, 15) is 8.78 Å². The molecule has 4 aromatic rings. The van der Waals surface area contributed by atoms with Gasteiger partial charge in [0, 0.05) is 17.0 Å². The van der Waals surface area contributed by atoms with Gasteiger partial charge in [0.2, 0.25) is 0 Å². The Labute approximate surface area is 167 Å². The van der Waals surface area contributed by atoms with Gasteiger partial charge in [-0.3, -0.25) is 0 Å². The summed E-state index contributed by atoms with van der Waals surface area (Å²) >= 11 is 0. The number of aryl methyl sites for hydroxylation is 1. The van der Waals surface area contributed by atoms with E-state index in [1.807, 2.05) is 18.2 Å². The summed E-state index contributed by atoms with van der Waals surface area (Å²) in [5.41, 5.74) is 3.63. The number of benzene rings is 4. The summed E-state index contributed by atoms with van der Waals surface area (Å²) in [6, 6.07) is 20.2. The first-order chi connectivity index (χ1) is 14.0. The van der Waals surface area contributed by atoms with Crippen molar-refractivity contribution in [1.29, 1.82) is 0 Å². The first-order valence-electron chi connectivity index (χ1n) is 9.44. The lowest BCUT2D eigenvalue weighted by Gasteiger charge is -2.10. The smallest absolute Gasteiger partial charge is 0.138 e. The van der Waals surface area contributed by atoms with Crippen LogP contribution in [0.3, 0.4) is 0 Å². The minimum absolute atomic E-state index is 0.176. The minimum atomic E-state index is -0.730. The van der Waals surface area contributed by atoms with Crippen LogP contribution in [-0.4, -0.2) is 0 Å². The van der Waals surface area contributed by atoms with Gasteiger partial charge in [-0.2, -0.15) is 0 Å². The van der Waals surface area contributed by atoms with Crippen LogP contribution in [0, 0.1) is 17.5 Å². The highest BCUT2D eigenvalue weighted by atomic mass is 19.1. The number of fused-ring (bicyclic) bond motifs is 1. The molecular formula is C26H19F3. The first-order valence-corrected chi connectivity index (χ1v) is 9.44. The highest BCUT2D eigenvalue weighted by Crippen LogP contribution is 2.32. The van der Waals surface area contributed by atoms with E-state index in [1.54, 1.807) is 18.2 Å². The van der Waals surface area contributed by atoms with Gasteiger partial charge in [0.05, 0.1) is 0 Å². The van der Waals surface area contributed by atoms with Crippen LogP contribution in [0.4, 0.5) is 13.2 Å². The lowest BCUT2D eigenvalue weighted by atomic mass is 9.96. The summed E-state index contributed by atoms with van der Waals surface area (Å²) in [5, 5.41) is 1.15. The van der Waals surface area contributed by atoms with Crippen molar-refractivity contribution in [2.24, 2.45) is 0 Å². The van der Waals surface area contributed by atoms with E-state index in [0.29, 0.717) is 5.39 Å². The number of rotatable bonds is 5. The third-order valence-corrected chi connectivity index (χ3v) is 5.05. The van der Waals surface area contributed by atoms with Crippen LogP contribution in [0.25, 0.3) is 33.0 Å². The molecule has 144 valence electrons. The van der Waals surface area contributed by atoms with Crippen molar-refractivity contribution < 1.29 is 13.2 Å². The van der Waals surface area contributed by atoms with Crippen LogP contribution in [0.15, 0.2) is 85.5 Å². The van der Waals surface area contributed by atoms with Gasteiger partial charge >= 0.3 is 0 Å². The number of hydrogen-bond donors (Lipinski definition) is 0. The molecule has 0 nitrogen and oxygen atoms in total. The van der Waals surface area contributed by atoms with Gasteiger partial charge in [-0.25, -0.2) is 13.2 Å². The predicted molar refractivity (Wildman–Crippen MR) is 113 cm³/mol. The fourth-order valence-corrected chi connectivity index (χ4v) is 3.54. The first kappa shape index (κ1) is 19.0. The van der Waals surface area contributed by atoms with Crippen molar-refractivity contribution in [1.82, 2.24) is 0 Å². The topological polar surface area (TPSA) is 0 Å². The normalized spacial score (nSPS) is 11.0. The van der Waals surface area contributed by atoms with E-state index >= 15 is 4.39 Å². The second kappa shape index (κ2) is 7.96. The van der Waals surface area contributed by atoms with Crippen molar-refractivity contribution in [2.45, 2.75) is 12.8 Å². The maximum atomic E-state index is 15.1. The molecule has 0 N–H and O–H groups in total. The summed E-state index contributed by atoms with van der Waals surface area (Å²) in [4.78, 5) is 0. The molecule has 0 aliphatic heterocycles. The fourth-order valence-electron chi connectivity index (χ4n) is 3.54. The standard InChI is InChI=1S/C26H19F3/c1-2-3-4-17-5-7-18(8-6-17)19-9-11-24-20(13-19)10-12-25(26(24)29)21-14-22(27)16-23(28)15-21/h2,5-16H,1,3-4H2. The van der Waals surface area contributed by atoms with E-state index in [2.05, 4.69) is 30.8 Å². The molecule has 0 radical (unpaired) electrons. The number of hydrogen-bond acceptors (Lipinski definition) is 0. The molecule has 0 aliphatic rings. The molecule has 0 spiro atoms. The molecule has 4 rings (SSSR count). The zero-order valence-corrected chi connectivity index (χ0v) is 15.8. The van der Waals surface area contributed by atoms with Gasteiger partial charge in [-0.1, -0.05) is 54.6 Å². The Kier molecular flexibility index (Phi) is 5.22. The monoisotopic (exact) mass is 388 g/mol. The zero-order valence-electron chi connectivity index (χ0n) is 15.8. The molecule has 0 saturated carbocycles. The molecule has 0 amide bonds. The van der Waals surface area contributed by atoms with Crippen LogP contribution < -0.4 is 0 Å². The van der Waals surface area contributed by atoms with Crippen LogP contribution >= 0.6 is 0 Å². The van der Waals surface area contributed by atoms with Crippen molar-refractivity contribution in [3.8, 4) is 22.3 Å². The molecule has 4 aromatic carbocycles. The quantitative estimate of drug-likeness (QED) is 0.307. The number of allylic oxidation sites excluding steroid dienone is 1. The summed E-state index contributed by atoms with van der Waals surface area (Å²) < 4.78 is 42.1. The Morgan fingerprint density at radius 1 is 0.690 bits per heavy atom. The largest absolute Gasteiger partial charge is 0.207 e. The third-order valence-electron chi connectivity index (χ3n) is 5.05. The second-order valence-electron chi connectivity index (χ2n) is 7.05. The minimum Gasteiger partial charge on any atom is -0.207 e. The molecule has 29 heavy (non-hydrogen) atoms. The molecule has 0 atom stereocenters. The molecule has 0 heterocycles. The SMILES string of the molecule is C=CCCc1ccc(-c2ccc3c(F)c(-c4cc(F)cc(F)c4)ccc3c2)cc1. The summed E-state index contributed by atoms with van der Waals surface area (Å²) in [6.45, 7) is 3.74. The summed E-state index contributed by atoms with van der Waals surface area (Å²) in [7, 11) is 0. The van der Waals surface area contributed by atoms with Crippen molar-refractivity contribution in [3.05, 3.63) is 108 Å². The second-order valence-corrected chi connectivity index (χ2v) is 7.05. The highest BCUT2D eigenvalue weighted by Gasteiger charge is 2.12. The number of halogens is 3. The Hall–Kier alpha value is -3.33. The Bertz CT molecular complexity index is 1170. The van der Waals surface area contributed by atoms with E-state index in [-0.39, 0.29) is 11.1 Å². The lowest BCUT2D eigenvalue weighted by Crippen LogP contribution is -1.90. The van der Waals surface area contributed by atoms with E-state index in [1.165, 1.54) is 5.56 Å². The van der Waals surface area contributed by atoms with Crippen molar-refractivity contribution >= 4 is 10.8 Å².